The van der Waals surface area contributed by atoms with E-state index < -0.39 is 0 Å². The van der Waals surface area contributed by atoms with Crippen molar-refractivity contribution in [2.45, 2.75) is 32.6 Å². The van der Waals surface area contributed by atoms with Gasteiger partial charge in [-0.2, -0.15) is 5.10 Å². The molecule has 1 heterocycles. The standard InChI is InChI=1S/C10H18N2O2/c1-3-4-5-6-8-9(7-14-2)11-12-10(8)13/h8H,3-7H2,1-2H3,(H,12,13)/t8-/m0/s1. The number of nitrogens with one attached hydrogen (secondary N) is 1. The van der Waals surface area contributed by atoms with Gasteiger partial charge in [0.25, 0.3) is 0 Å². The number of hydrogen-bond acceptors (Lipinski definition) is 3. The number of amides is 1. The average Bonchev–Trinajstić information content (AvgIpc) is 2.50. The molecule has 0 unspecified atom stereocenters. The quantitative estimate of drug-likeness (QED) is 0.654. The lowest BCUT2D eigenvalue weighted by Crippen LogP contribution is -2.25. The van der Waals surface area contributed by atoms with Gasteiger partial charge >= 0.3 is 0 Å². The third-order valence-electron chi connectivity index (χ3n) is 2.42. The summed E-state index contributed by atoms with van der Waals surface area (Å²) in [5.74, 6) is -0.0327. The molecule has 0 aromatic rings. The van der Waals surface area contributed by atoms with Crippen LogP contribution in [0.4, 0.5) is 0 Å². The number of carbonyl (C=O) groups excluding carboxylic acids is 1. The van der Waals surface area contributed by atoms with Crippen LogP contribution in [0, 0.1) is 5.92 Å². The summed E-state index contributed by atoms with van der Waals surface area (Å²) in [5, 5.41) is 3.96. The molecular weight excluding hydrogens is 180 g/mol. The van der Waals surface area contributed by atoms with Crippen molar-refractivity contribution in [3.05, 3.63) is 0 Å². The lowest BCUT2D eigenvalue weighted by atomic mass is 9.97. The van der Waals surface area contributed by atoms with Crippen LogP contribution in [-0.2, 0) is 9.53 Å². The molecular formula is C10H18N2O2. The number of nitrogens with zero attached hydrogens (tertiary/aromatic N) is 1. The van der Waals surface area contributed by atoms with Crippen LogP contribution >= 0.6 is 0 Å². The third kappa shape index (κ3) is 2.80. The second-order valence-electron chi connectivity index (χ2n) is 3.56. The summed E-state index contributed by atoms with van der Waals surface area (Å²) in [6.45, 7) is 2.61. The van der Waals surface area contributed by atoms with E-state index in [4.69, 9.17) is 4.74 Å². The van der Waals surface area contributed by atoms with Crippen LogP contribution < -0.4 is 5.43 Å². The maximum Gasteiger partial charge on any atom is 0.249 e. The summed E-state index contributed by atoms with van der Waals surface area (Å²) in [6, 6.07) is 0. The number of methoxy groups -OCH3 is 1. The lowest BCUT2D eigenvalue weighted by Gasteiger charge is -2.08. The van der Waals surface area contributed by atoms with Crippen LogP contribution in [0.2, 0.25) is 0 Å². The van der Waals surface area contributed by atoms with Crippen LogP contribution in [0.15, 0.2) is 5.10 Å². The molecule has 1 atom stereocenters. The molecule has 0 saturated heterocycles. The highest BCUT2D eigenvalue weighted by molar-refractivity contribution is 6.08. The van der Waals surface area contributed by atoms with Crippen molar-refractivity contribution in [1.82, 2.24) is 5.43 Å². The zero-order valence-corrected chi connectivity index (χ0v) is 8.88. The highest BCUT2D eigenvalue weighted by atomic mass is 16.5. The van der Waals surface area contributed by atoms with Crippen LogP contribution in [0.1, 0.15) is 32.6 Å². The molecule has 80 valence electrons. The van der Waals surface area contributed by atoms with E-state index >= 15 is 0 Å². The second kappa shape index (κ2) is 5.75. The highest BCUT2D eigenvalue weighted by Gasteiger charge is 2.28. The Balaban J connectivity index is 2.39. The summed E-state index contributed by atoms with van der Waals surface area (Å²) in [6.07, 6.45) is 4.31. The molecule has 0 saturated carbocycles. The van der Waals surface area contributed by atoms with Gasteiger partial charge in [-0.3, -0.25) is 4.79 Å². The van der Waals surface area contributed by atoms with Gasteiger partial charge < -0.3 is 4.74 Å². The van der Waals surface area contributed by atoms with Gasteiger partial charge in [0.1, 0.15) is 0 Å². The molecule has 1 aliphatic rings. The minimum absolute atomic E-state index is 0.0214. The smallest absolute Gasteiger partial charge is 0.249 e. The van der Waals surface area contributed by atoms with E-state index in [0.717, 1.165) is 18.6 Å². The van der Waals surface area contributed by atoms with Gasteiger partial charge in [-0.15, -0.1) is 0 Å². The van der Waals surface area contributed by atoms with Crippen LogP contribution in [0.25, 0.3) is 0 Å². The van der Waals surface area contributed by atoms with Gasteiger partial charge in [0, 0.05) is 7.11 Å². The van der Waals surface area contributed by atoms with Crippen molar-refractivity contribution in [2.24, 2.45) is 11.0 Å². The maximum atomic E-state index is 11.4. The van der Waals surface area contributed by atoms with Crippen molar-refractivity contribution in [3.8, 4) is 0 Å². The monoisotopic (exact) mass is 198 g/mol. The fourth-order valence-electron chi connectivity index (χ4n) is 1.61. The average molecular weight is 198 g/mol. The molecule has 0 spiro atoms. The van der Waals surface area contributed by atoms with Crippen LogP contribution in [-0.4, -0.2) is 25.3 Å². The Morgan fingerprint density at radius 1 is 1.50 bits per heavy atom. The topological polar surface area (TPSA) is 50.7 Å². The van der Waals surface area contributed by atoms with E-state index in [1.54, 1.807) is 7.11 Å². The molecule has 1 rings (SSSR count). The van der Waals surface area contributed by atoms with E-state index in [1.165, 1.54) is 12.8 Å². The summed E-state index contributed by atoms with van der Waals surface area (Å²) < 4.78 is 4.99. The molecule has 0 radical (unpaired) electrons. The summed E-state index contributed by atoms with van der Waals surface area (Å²) in [7, 11) is 1.62. The number of carbonyl (C=O) groups is 1. The van der Waals surface area contributed by atoms with E-state index in [1.807, 2.05) is 0 Å². The van der Waals surface area contributed by atoms with E-state index in [2.05, 4.69) is 17.5 Å². The summed E-state index contributed by atoms with van der Waals surface area (Å²) >= 11 is 0. The Morgan fingerprint density at radius 3 is 2.93 bits per heavy atom. The first-order chi connectivity index (χ1) is 6.79. The van der Waals surface area contributed by atoms with Crippen molar-refractivity contribution in [2.75, 3.05) is 13.7 Å². The van der Waals surface area contributed by atoms with Gasteiger partial charge in [0.05, 0.1) is 18.2 Å². The van der Waals surface area contributed by atoms with E-state index in [0.29, 0.717) is 6.61 Å². The van der Waals surface area contributed by atoms with Gasteiger partial charge in [0.15, 0.2) is 0 Å². The molecule has 0 aromatic carbocycles. The Labute approximate surface area is 84.7 Å². The first-order valence-corrected chi connectivity index (χ1v) is 5.14. The minimum Gasteiger partial charge on any atom is -0.379 e. The minimum atomic E-state index is -0.0542. The Morgan fingerprint density at radius 2 is 2.29 bits per heavy atom. The lowest BCUT2D eigenvalue weighted by molar-refractivity contribution is -0.122. The molecule has 0 fully saturated rings. The molecule has 4 nitrogen and oxygen atoms in total. The van der Waals surface area contributed by atoms with Gasteiger partial charge in [-0.05, 0) is 6.42 Å². The Bertz CT molecular complexity index is 226. The molecule has 0 bridgehead atoms. The molecule has 0 aliphatic carbocycles. The highest BCUT2D eigenvalue weighted by Crippen LogP contribution is 2.16. The fourth-order valence-corrected chi connectivity index (χ4v) is 1.61. The summed E-state index contributed by atoms with van der Waals surface area (Å²) in [4.78, 5) is 11.4. The molecule has 1 N–H and O–H groups in total. The van der Waals surface area contributed by atoms with E-state index in [9.17, 15) is 4.79 Å². The normalized spacial score (nSPS) is 20.9. The van der Waals surface area contributed by atoms with Crippen molar-refractivity contribution >= 4 is 11.6 Å². The van der Waals surface area contributed by atoms with E-state index in [-0.39, 0.29) is 11.8 Å². The summed E-state index contributed by atoms with van der Waals surface area (Å²) in [5.41, 5.74) is 3.34. The predicted octanol–water partition coefficient (Wildman–Crippen LogP) is 1.32. The number of unbranched alkanes of at least 4 members (excludes halogenated alkanes) is 2. The SMILES string of the molecule is CCCCC[C@@H]1C(=O)NN=C1COC. The first kappa shape index (κ1) is 11.2. The molecule has 14 heavy (non-hydrogen) atoms. The first-order valence-electron chi connectivity index (χ1n) is 5.14. The largest absolute Gasteiger partial charge is 0.379 e. The van der Waals surface area contributed by atoms with Crippen LogP contribution in [0.3, 0.4) is 0 Å². The number of hydrogen-bond donors (Lipinski definition) is 1. The van der Waals surface area contributed by atoms with Crippen molar-refractivity contribution in [3.63, 3.8) is 0 Å². The third-order valence-corrected chi connectivity index (χ3v) is 2.42. The molecule has 4 heteroatoms. The fraction of sp³-hybridized carbons (Fsp3) is 0.800. The van der Waals surface area contributed by atoms with Crippen molar-refractivity contribution in [1.29, 1.82) is 0 Å². The number of ether oxygens (including phenoxy) is 1. The maximum absolute atomic E-state index is 11.4. The Hall–Kier alpha value is -0.900. The zero-order chi connectivity index (χ0) is 10.4. The van der Waals surface area contributed by atoms with Gasteiger partial charge in [-0.25, -0.2) is 5.43 Å². The molecule has 0 aromatic heterocycles. The molecule has 1 amide bonds. The zero-order valence-electron chi connectivity index (χ0n) is 8.88. The van der Waals surface area contributed by atoms with Crippen LogP contribution in [0.5, 0.6) is 0 Å². The predicted molar refractivity (Wildman–Crippen MR) is 55.1 cm³/mol. The number of rotatable bonds is 6. The molecule has 1 aliphatic heterocycles. The van der Waals surface area contributed by atoms with Crippen molar-refractivity contribution < 1.29 is 9.53 Å². The number of hydrazone groups is 1. The second-order valence-corrected chi connectivity index (χ2v) is 3.56. The van der Waals surface area contributed by atoms with Gasteiger partial charge in [-0.1, -0.05) is 26.2 Å². The Kier molecular flexibility index (Phi) is 4.59. The van der Waals surface area contributed by atoms with Gasteiger partial charge in [0.2, 0.25) is 5.91 Å².